The van der Waals surface area contributed by atoms with Crippen molar-refractivity contribution in [1.29, 1.82) is 0 Å². The van der Waals surface area contributed by atoms with Crippen LogP contribution in [0.1, 0.15) is 38.3 Å². The van der Waals surface area contributed by atoms with Crippen LogP contribution in [0.4, 0.5) is 0 Å². The molecular formula is C19H25NO5S2. The third-order valence-electron chi connectivity index (χ3n) is 3.62. The van der Waals surface area contributed by atoms with Gasteiger partial charge in [0.2, 0.25) is 0 Å². The van der Waals surface area contributed by atoms with Crippen molar-refractivity contribution in [2.45, 2.75) is 38.3 Å². The quantitative estimate of drug-likeness (QED) is 0.592. The van der Waals surface area contributed by atoms with Crippen LogP contribution in [0, 0.1) is 0 Å². The average Bonchev–Trinajstić information content (AvgIpc) is 3.25. The minimum Gasteiger partial charge on any atom is -0.545 e. The number of aliphatic carboxylic acids is 2. The maximum Gasteiger partial charge on any atom is 0.328 e. The summed E-state index contributed by atoms with van der Waals surface area (Å²) >= 11 is 3.27. The maximum absolute atomic E-state index is 11.1. The van der Waals surface area contributed by atoms with Gasteiger partial charge in [0.05, 0.1) is 18.1 Å². The van der Waals surface area contributed by atoms with Crippen LogP contribution in [-0.2, 0) is 15.2 Å². The summed E-state index contributed by atoms with van der Waals surface area (Å²) in [4.78, 5) is 19.0. The lowest BCUT2D eigenvalue weighted by Gasteiger charge is -2.28. The molecule has 0 aliphatic rings. The number of carboxylic acids is 2. The van der Waals surface area contributed by atoms with Gasteiger partial charge in [0.1, 0.15) is 5.60 Å². The van der Waals surface area contributed by atoms with E-state index in [0.29, 0.717) is 12.2 Å². The normalized spacial score (nSPS) is 11.9. The molecule has 2 rings (SSSR count). The van der Waals surface area contributed by atoms with Gasteiger partial charge in [-0.05, 0) is 71.6 Å². The fraction of sp³-hybridized carbons (Fsp3) is 0.368. The minimum absolute atomic E-state index is 0.199. The molecule has 0 saturated carbocycles. The highest BCUT2D eigenvalue weighted by Crippen LogP contribution is 2.34. The van der Waals surface area contributed by atoms with Crippen molar-refractivity contribution in [1.82, 2.24) is 0 Å². The summed E-state index contributed by atoms with van der Waals surface area (Å²) in [6.45, 7) is 7.50. The van der Waals surface area contributed by atoms with Gasteiger partial charge in [-0.15, -0.1) is 0 Å². The van der Waals surface area contributed by atoms with E-state index in [9.17, 15) is 19.8 Å². The second-order valence-electron chi connectivity index (χ2n) is 6.98. The zero-order valence-corrected chi connectivity index (χ0v) is 17.2. The van der Waals surface area contributed by atoms with E-state index in [4.69, 9.17) is 5.11 Å². The maximum atomic E-state index is 11.1. The topological polar surface area (TPSA) is 114 Å². The molecule has 2 aromatic heterocycles. The van der Waals surface area contributed by atoms with Crippen molar-refractivity contribution in [3.05, 3.63) is 56.9 Å². The van der Waals surface area contributed by atoms with Crippen molar-refractivity contribution < 1.29 is 30.2 Å². The Bertz CT molecular complexity index is 680. The molecule has 0 atom stereocenters. The number of rotatable bonds is 7. The minimum atomic E-state index is -1.51. The Balaban J connectivity index is 0.000000387. The van der Waals surface area contributed by atoms with E-state index in [2.05, 4.69) is 36.8 Å². The molecule has 2 aromatic rings. The van der Waals surface area contributed by atoms with Gasteiger partial charge in [0.15, 0.2) is 0 Å². The molecule has 4 N–H and O–H groups in total. The molecule has 8 heteroatoms. The lowest BCUT2D eigenvalue weighted by Crippen LogP contribution is -2.94. The van der Waals surface area contributed by atoms with Crippen LogP contribution >= 0.6 is 22.7 Å². The largest absolute Gasteiger partial charge is 0.545 e. The zero-order valence-electron chi connectivity index (χ0n) is 15.5. The Morgan fingerprint density at radius 3 is 1.93 bits per heavy atom. The smallest absolute Gasteiger partial charge is 0.328 e. The van der Waals surface area contributed by atoms with Gasteiger partial charge in [0, 0.05) is 12.5 Å². The van der Waals surface area contributed by atoms with Gasteiger partial charge in [-0.3, -0.25) is 0 Å². The second-order valence-corrected chi connectivity index (χ2v) is 8.54. The van der Waals surface area contributed by atoms with Crippen LogP contribution < -0.4 is 10.4 Å². The summed E-state index contributed by atoms with van der Waals surface area (Å²) < 4.78 is 0. The van der Waals surface area contributed by atoms with Gasteiger partial charge in [-0.1, -0.05) is 0 Å². The number of quaternary nitrogens is 1. The number of carboxylic acid groups (broad SMARTS) is 2. The number of hydrogen-bond donors (Lipinski definition) is 3. The highest BCUT2D eigenvalue weighted by atomic mass is 32.1. The van der Waals surface area contributed by atoms with Gasteiger partial charge in [-0.25, -0.2) is 4.79 Å². The number of carbonyl (C=O) groups is 2. The molecule has 0 amide bonds. The van der Waals surface area contributed by atoms with Gasteiger partial charge in [0.25, 0.3) is 0 Å². The number of hydrogen-bond acceptors (Lipinski definition) is 6. The van der Waals surface area contributed by atoms with Crippen LogP contribution in [0.25, 0.3) is 0 Å². The molecular weight excluding hydrogens is 386 g/mol. The second kappa shape index (κ2) is 10.4. The number of nitrogens with two attached hydrogens (primary N) is 1. The molecule has 0 aromatic carbocycles. The highest BCUT2D eigenvalue weighted by molar-refractivity contribution is 7.08. The van der Waals surface area contributed by atoms with Crippen molar-refractivity contribution in [3.8, 4) is 0 Å². The van der Waals surface area contributed by atoms with Crippen molar-refractivity contribution >= 4 is 34.6 Å². The Hall–Kier alpha value is -2.00. The molecule has 148 valence electrons. The number of carbonyl (C=O) groups excluding carboxylic acids is 1. The lowest BCUT2D eigenvalue weighted by atomic mass is 9.86. The molecule has 0 fully saturated rings. The molecule has 0 bridgehead atoms. The van der Waals surface area contributed by atoms with E-state index in [-0.39, 0.29) is 5.54 Å². The molecule has 6 nitrogen and oxygen atoms in total. The highest BCUT2D eigenvalue weighted by Gasteiger charge is 2.33. The molecule has 2 heterocycles. The first-order chi connectivity index (χ1) is 12.5. The standard InChI is InChI=1S/C15H21NOS2.C4H4O4/c1-14(2,3)16-7-6-15(17,12-4-8-18-10-12)13-5-9-19-11-13;5-3(6)1-2-4(7)8/h4-5,8-11,16-17H,6-7H2,1-3H3;1-2H,(H,5,6)(H,7,8)/b;2-1+. The summed E-state index contributed by atoms with van der Waals surface area (Å²) in [7, 11) is 0. The van der Waals surface area contributed by atoms with E-state index >= 15 is 0 Å². The third-order valence-corrected chi connectivity index (χ3v) is 4.99. The molecule has 0 saturated heterocycles. The third kappa shape index (κ3) is 8.49. The van der Waals surface area contributed by atoms with E-state index in [1.165, 1.54) is 0 Å². The zero-order chi connectivity index (χ0) is 20.5. The molecule has 0 aliphatic carbocycles. The molecule has 0 unspecified atom stereocenters. The van der Waals surface area contributed by atoms with Crippen LogP contribution in [0.5, 0.6) is 0 Å². The van der Waals surface area contributed by atoms with E-state index in [1.54, 1.807) is 22.7 Å². The summed E-state index contributed by atoms with van der Waals surface area (Å²) in [5, 5.41) is 38.8. The van der Waals surface area contributed by atoms with Crippen LogP contribution in [-0.4, -0.2) is 34.2 Å². The molecule has 0 aliphatic heterocycles. The van der Waals surface area contributed by atoms with E-state index < -0.39 is 17.5 Å². The number of aliphatic hydroxyl groups is 1. The van der Waals surface area contributed by atoms with Gasteiger partial charge in [-0.2, -0.15) is 22.7 Å². The first-order valence-electron chi connectivity index (χ1n) is 8.28. The van der Waals surface area contributed by atoms with Crippen LogP contribution in [0.3, 0.4) is 0 Å². The first kappa shape index (κ1) is 23.0. The predicted octanol–water partition coefficient (Wildman–Crippen LogP) is 1.17. The Morgan fingerprint density at radius 2 is 1.63 bits per heavy atom. The van der Waals surface area contributed by atoms with E-state index in [0.717, 1.165) is 24.1 Å². The Kier molecular flexibility index (Phi) is 8.84. The Labute approximate surface area is 166 Å². The van der Waals surface area contributed by atoms with Gasteiger partial charge < -0.3 is 25.4 Å². The van der Waals surface area contributed by atoms with Crippen molar-refractivity contribution in [2.75, 3.05) is 6.54 Å². The number of thiophene rings is 2. The predicted molar refractivity (Wildman–Crippen MR) is 105 cm³/mol. The fourth-order valence-corrected chi connectivity index (χ4v) is 3.76. The van der Waals surface area contributed by atoms with Gasteiger partial charge >= 0.3 is 5.97 Å². The molecule has 0 spiro atoms. The summed E-state index contributed by atoms with van der Waals surface area (Å²) in [6, 6.07) is 4.05. The summed E-state index contributed by atoms with van der Waals surface area (Å²) in [5.41, 5.74) is 1.38. The summed E-state index contributed by atoms with van der Waals surface area (Å²) in [6.07, 6.45) is 1.68. The Morgan fingerprint density at radius 1 is 1.11 bits per heavy atom. The van der Waals surface area contributed by atoms with Crippen molar-refractivity contribution in [3.63, 3.8) is 0 Å². The SMILES string of the molecule is CC(C)(C)[NH2+]CCC(O)(c1ccsc1)c1ccsc1.O=C([O-])/C=C/C(=O)O. The van der Waals surface area contributed by atoms with Crippen LogP contribution in [0.2, 0.25) is 0 Å². The first-order valence-corrected chi connectivity index (χ1v) is 10.2. The van der Waals surface area contributed by atoms with Crippen LogP contribution in [0.15, 0.2) is 45.8 Å². The monoisotopic (exact) mass is 411 g/mol. The molecule has 27 heavy (non-hydrogen) atoms. The van der Waals surface area contributed by atoms with E-state index in [1.807, 2.05) is 22.9 Å². The molecule has 0 radical (unpaired) electrons. The fourth-order valence-electron chi connectivity index (χ4n) is 2.31. The average molecular weight is 412 g/mol. The van der Waals surface area contributed by atoms with Crippen molar-refractivity contribution in [2.24, 2.45) is 0 Å². The summed E-state index contributed by atoms with van der Waals surface area (Å²) in [5.74, 6) is -2.80. The lowest BCUT2D eigenvalue weighted by molar-refractivity contribution is -0.718.